The van der Waals surface area contributed by atoms with Gasteiger partial charge in [-0.05, 0) is 25.7 Å². The van der Waals surface area contributed by atoms with Crippen LogP contribution in [0.15, 0.2) is 17.2 Å². The van der Waals surface area contributed by atoms with Crippen LogP contribution < -0.4 is 5.56 Å². The van der Waals surface area contributed by atoms with Crippen LogP contribution in [0.2, 0.25) is 0 Å². The van der Waals surface area contributed by atoms with Gasteiger partial charge in [0.25, 0.3) is 5.56 Å². The van der Waals surface area contributed by atoms with Gasteiger partial charge in [0.15, 0.2) is 0 Å². The van der Waals surface area contributed by atoms with E-state index in [1.165, 1.54) is 4.57 Å². The molecule has 100 valence electrons. The lowest BCUT2D eigenvalue weighted by atomic mass is 9.97. The van der Waals surface area contributed by atoms with E-state index in [2.05, 4.69) is 5.10 Å². The molecule has 0 saturated heterocycles. The quantitative estimate of drug-likeness (QED) is 0.888. The average Bonchev–Trinajstić information content (AvgIpc) is 2.76. The predicted octanol–water partition coefficient (Wildman–Crippen LogP) is 0.849. The summed E-state index contributed by atoms with van der Waals surface area (Å²) in [6.45, 7) is 0.199. The van der Waals surface area contributed by atoms with Gasteiger partial charge in [0.1, 0.15) is 5.52 Å². The summed E-state index contributed by atoms with van der Waals surface area (Å²) in [7, 11) is 0. The molecule has 1 N–H and O–H groups in total. The summed E-state index contributed by atoms with van der Waals surface area (Å²) in [5, 5.41) is 13.1. The van der Waals surface area contributed by atoms with Crippen molar-refractivity contribution < 1.29 is 9.90 Å². The molecule has 6 heteroatoms. The molecule has 0 spiro atoms. The first-order chi connectivity index (χ1) is 9.16. The van der Waals surface area contributed by atoms with Crippen LogP contribution in [0.25, 0.3) is 5.52 Å². The van der Waals surface area contributed by atoms with Crippen molar-refractivity contribution in [2.24, 2.45) is 0 Å². The molecule has 2 aromatic heterocycles. The van der Waals surface area contributed by atoms with Crippen LogP contribution in [0.1, 0.15) is 30.5 Å². The number of rotatable bonds is 3. The minimum absolute atomic E-state index is 0.0492. The van der Waals surface area contributed by atoms with Crippen LogP contribution in [0.5, 0.6) is 0 Å². The van der Waals surface area contributed by atoms with Gasteiger partial charge in [-0.2, -0.15) is 5.10 Å². The van der Waals surface area contributed by atoms with Crippen molar-refractivity contribution in [2.45, 2.75) is 38.6 Å². The fourth-order valence-corrected chi connectivity index (χ4v) is 2.65. The minimum atomic E-state index is -0.901. The van der Waals surface area contributed by atoms with Crippen molar-refractivity contribution in [1.82, 2.24) is 14.2 Å². The average molecular weight is 261 g/mol. The van der Waals surface area contributed by atoms with E-state index in [9.17, 15) is 9.59 Å². The zero-order valence-corrected chi connectivity index (χ0v) is 10.5. The molecule has 0 fully saturated rings. The van der Waals surface area contributed by atoms with E-state index in [0.29, 0.717) is 5.52 Å². The molecule has 0 saturated carbocycles. The van der Waals surface area contributed by atoms with Crippen LogP contribution in [-0.4, -0.2) is 25.3 Å². The molecule has 2 heterocycles. The fourth-order valence-electron chi connectivity index (χ4n) is 2.65. The second kappa shape index (κ2) is 4.53. The first-order valence-electron chi connectivity index (χ1n) is 6.48. The summed E-state index contributed by atoms with van der Waals surface area (Å²) in [6, 6.07) is 0. The molecule has 1 aliphatic carbocycles. The Morgan fingerprint density at radius 1 is 1.32 bits per heavy atom. The Morgan fingerprint density at radius 3 is 2.89 bits per heavy atom. The number of carbonyl (C=O) groups is 1. The predicted molar refractivity (Wildman–Crippen MR) is 68.3 cm³/mol. The summed E-state index contributed by atoms with van der Waals surface area (Å²) in [4.78, 5) is 23.0. The number of fused-ring (bicyclic) bond motifs is 3. The van der Waals surface area contributed by atoms with Gasteiger partial charge in [-0.1, -0.05) is 0 Å². The molecule has 0 aromatic carbocycles. The number of hydrogen-bond donors (Lipinski definition) is 1. The van der Waals surface area contributed by atoms with Gasteiger partial charge in [0, 0.05) is 24.5 Å². The van der Waals surface area contributed by atoms with Gasteiger partial charge in [-0.3, -0.25) is 9.59 Å². The summed E-state index contributed by atoms with van der Waals surface area (Å²) in [6.07, 6.45) is 7.30. The Kier molecular flexibility index (Phi) is 2.85. The smallest absolute Gasteiger partial charge is 0.305 e. The molecule has 1 aliphatic rings. The maximum Gasteiger partial charge on any atom is 0.305 e. The molecule has 0 bridgehead atoms. The highest BCUT2D eigenvalue weighted by Crippen LogP contribution is 2.22. The number of aliphatic carboxylic acids is 1. The lowest BCUT2D eigenvalue weighted by molar-refractivity contribution is -0.137. The first-order valence-corrected chi connectivity index (χ1v) is 6.48. The van der Waals surface area contributed by atoms with Gasteiger partial charge in [-0.15, -0.1) is 0 Å². The monoisotopic (exact) mass is 261 g/mol. The third-order valence-corrected chi connectivity index (χ3v) is 3.60. The van der Waals surface area contributed by atoms with E-state index in [0.717, 1.165) is 36.9 Å². The Bertz CT molecular complexity index is 699. The van der Waals surface area contributed by atoms with E-state index in [-0.39, 0.29) is 18.5 Å². The van der Waals surface area contributed by atoms with Crippen LogP contribution >= 0.6 is 0 Å². The van der Waals surface area contributed by atoms with Gasteiger partial charge in [0.2, 0.25) is 0 Å². The highest BCUT2D eigenvalue weighted by Gasteiger charge is 2.19. The summed E-state index contributed by atoms with van der Waals surface area (Å²) in [5.74, 6) is -0.901. The third kappa shape index (κ3) is 2.03. The Labute approximate surface area is 109 Å². The summed E-state index contributed by atoms with van der Waals surface area (Å²) < 4.78 is 3.09. The Balaban J connectivity index is 2.10. The third-order valence-electron chi connectivity index (χ3n) is 3.60. The molecule has 0 unspecified atom stereocenters. The number of carboxylic acid groups (broad SMARTS) is 1. The van der Waals surface area contributed by atoms with Crippen molar-refractivity contribution in [3.8, 4) is 0 Å². The molecule has 0 amide bonds. The molecule has 0 atom stereocenters. The number of carboxylic acids is 1. The number of nitrogens with zero attached hydrogens (tertiary/aromatic N) is 3. The van der Waals surface area contributed by atoms with Gasteiger partial charge >= 0.3 is 5.97 Å². The number of aryl methyl sites for hydroxylation is 3. The molecule has 0 radical (unpaired) electrons. The topological polar surface area (TPSA) is 76.6 Å². The SMILES string of the molecule is O=C(O)CCn1ccn2nc3c(c2c1=O)CCCC3. The largest absolute Gasteiger partial charge is 0.481 e. The first kappa shape index (κ1) is 12.0. The zero-order valence-electron chi connectivity index (χ0n) is 10.5. The Morgan fingerprint density at radius 2 is 2.11 bits per heavy atom. The minimum Gasteiger partial charge on any atom is -0.481 e. The highest BCUT2D eigenvalue weighted by atomic mass is 16.4. The summed E-state index contributed by atoms with van der Waals surface area (Å²) in [5.41, 5.74) is 2.53. The van der Waals surface area contributed by atoms with Crippen molar-refractivity contribution in [3.05, 3.63) is 34.0 Å². The van der Waals surface area contributed by atoms with E-state index >= 15 is 0 Å². The van der Waals surface area contributed by atoms with Gasteiger partial charge in [0.05, 0.1) is 12.1 Å². The number of aromatic nitrogens is 3. The fraction of sp³-hybridized carbons (Fsp3) is 0.462. The number of hydrogen-bond acceptors (Lipinski definition) is 3. The maximum absolute atomic E-state index is 12.4. The molecule has 19 heavy (non-hydrogen) atoms. The van der Waals surface area contributed by atoms with E-state index < -0.39 is 5.97 Å². The summed E-state index contributed by atoms with van der Waals surface area (Å²) >= 11 is 0. The van der Waals surface area contributed by atoms with Crippen LogP contribution in [0.4, 0.5) is 0 Å². The lowest BCUT2D eigenvalue weighted by Gasteiger charge is -2.09. The van der Waals surface area contributed by atoms with Crippen LogP contribution in [0, 0.1) is 0 Å². The Hall–Kier alpha value is -2.11. The molecule has 0 aliphatic heterocycles. The zero-order chi connectivity index (χ0) is 13.4. The molecule has 6 nitrogen and oxygen atoms in total. The molecule has 3 rings (SSSR count). The van der Waals surface area contributed by atoms with Crippen molar-refractivity contribution in [3.63, 3.8) is 0 Å². The van der Waals surface area contributed by atoms with E-state index in [4.69, 9.17) is 5.11 Å². The van der Waals surface area contributed by atoms with Crippen LogP contribution in [-0.2, 0) is 24.2 Å². The second-order valence-electron chi connectivity index (χ2n) is 4.87. The molecule has 2 aromatic rings. The van der Waals surface area contributed by atoms with E-state index in [1.807, 2.05) is 0 Å². The maximum atomic E-state index is 12.4. The lowest BCUT2D eigenvalue weighted by Crippen LogP contribution is -2.23. The van der Waals surface area contributed by atoms with Crippen LogP contribution in [0.3, 0.4) is 0 Å². The highest BCUT2D eigenvalue weighted by molar-refractivity contribution is 5.66. The second-order valence-corrected chi connectivity index (χ2v) is 4.87. The van der Waals surface area contributed by atoms with Crippen molar-refractivity contribution in [2.75, 3.05) is 0 Å². The normalized spacial score (nSPS) is 14.5. The molecular weight excluding hydrogens is 246 g/mol. The van der Waals surface area contributed by atoms with Crippen molar-refractivity contribution in [1.29, 1.82) is 0 Å². The van der Waals surface area contributed by atoms with Gasteiger partial charge in [-0.25, -0.2) is 4.52 Å². The standard InChI is InChI=1S/C13H15N3O3/c17-11(18)5-6-15-7-8-16-12(13(15)19)9-3-1-2-4-10(9)14-16/h7-8H,1-6H2,(H,17,18). The van der Waals surface area contributed by atoms with E-state index in [1.54, 1.807) is 16.9 Å². The van der Waals surface area contributed by atoms with Gasteiger partial charge < -0.3 is 9.67 Å². The molecular formula is C13H15N3O3. The van der Waals surface area contributed by atoms with Crippen molar-refractivity contribution >= 4 is 11.5 Å².